The number of hydrogen-bond acceptors (Lipinski definition) is 2. The molecule has 0 radical (unpaired) electrons. The number of nitrogens with zero attached hydrogens (tertiary/aromatic N) is 2. The molecule has 0 aliphatic carbocycles. The van der Waals surface area contributed by atoms with Crippen molar-refractivity contribution in [1.82, 2.24) is 9.55 Å². The average Bonchev–Trinajstić information content (AvgIpc) is 2.71. The van der Waals surface area contributed by atoms with Crippen LogP contribution in [0.1, 0.15) is 25.6 Å². The first kappa shape index (κ1) is 14.6. The number of rotatable bonds is 3. The number of imidazole rings is 1. The molecule has 0 atom stereocenters. The van der Waals surface area contributed by atoms with Crippen molar-refractivity contribution >= 4 is 21.7 Å². The molecule has 0 amide bonds. The number of terminal acetylenes is 1. The second-order valence-electron chi connectivity index (χ2n) is 4.77. The molecule has 104 valence electrons. The fourth-order valence-electron chi connectivity index (χ4n) is 2.06. The van der Waals surface area contributed by atoms with Crippen molar-refractivity contribution in [2.75, 3.05) is 5.73 Å². The molecule has 0 saturated heterocycles. The average molecular weight is 336 g/mol. The zero-order valence-electron chi connectivity index (χ0n) is 11.3. The topological polar surface area (TPSA) is 43.8 Å². The van der Waals surface area contributed by atoms with Crippen molar-refractivity contribution in [2.24, 2.45) is 0 Å². The van der Waals surface area contributed by atoms with Gasteiger partial charge in [0.05, 0.1) is 6.54 Å². The van der Waals surface area contributed by atoms with E-state index < -0.39 is 0 Å². The molecule has 0 bridgehead atoms. The molecule has 1 aromatic carbocycles. The second kappa shape index (κ2) is 5.68. The van der Waals surface area contributed by atoms with Gasteiger partial charge in [0.1, 0.15) is 23.2 Å². The van der Waals surface area contributed by atoms with Crippen LogP contribution in [0.3, 0.4) is 0 Å². The van der Waals surface area contributed by atoms with Crippen LogP contribution in [0.2, 0.25) is 0 Å². The van der Waals surface area contributed by atoms with Gasteiger partial charge in [-0.3, -0.25) is 0 Å². The Morgan fingerprint density at radius 2 is 2.20 bits per heavy atom. The van der Waals surface area contributed by atoms with E-state index in [4.69, 9.17) is 12.2 Å². The number of aromatic nitrogens is 2. The molecule has 2 N–H and O–H groups in total. The monoisotopic (exact) mass is 335 g/mol. The lowest BCUT2D eigenvalue weighted by Crippen LogP contribution is -2.07. The standard InChI is InChI=1S/C15H15BrFN3/c1-4-7-20-14(18)13(19-15(20)9(2)3)11-8-10(17)5-6-12(11)16/h1,5-6,8-9H,7,18H2,2-3H3. The van der Waals surface area contributed by atoms with E-state index in [-0.39, 0.29) is 11.7 Å². The van der Waals surface area contributed by atoms with Crippen molar-refractivity contribution < 1.29 is 4.39 Å². The molecule has 0 aliphatic rings. The summed E-state index contributed by atoms with van der Waals surface area (Å²) in [4.78, 5) is 4.55. The van der Waals surface area contributed by atoms with Gasteiger partial charge in [0.15, 0.2) is 0 Å². The van der Waals surface area contributed by atoms with Gasteiger partial charge in [-0.1, -0.05) is 35.7 Å². The van der Waals surface area contributed by atoms with Crippen LogP contribution < -0.4 is 5.73 Å². The highest BCUT2D eigenvalue weighted by atomic mass is 79.9. The summed E-state index contributed by atoms with van der Waals surface area (Å²) < 4.78 is 16.0. The molecular formula is C15H15BrFN3. The van der Waals surface area contributed by atoms with E-state index >= 15 is 0 Å². The van der Waals surface area contributed by atoms with Crippen LogP contribution in [0.25, 0.3) is 11.3 Å². The molecule has 0 unspecified atom stereocenters. The number of anilines is 1. The molecule has 3 nitrogen and oxygen atoms in total. The van der Waals surface area contributed by atoms with Gasteiger partial charge >= 0.3 is 0 Å². The molecular weight excluding hydrogens is 321 g/mol. The van der Waals surface area contributed by atoms with Crippen LogP contribution in [0.5, 0.6) is 0 Å². The van der Waals surface area contributed by atoms with Gasteiger partial charge in [0.25, 0.3) is 0 Å². The smallest absolute Gasteiger partial charge is 0.132 e. The van der Waals surface area contributed by atoms with Crippen molar-refractivity contribution in [1.29, 1.82) is 0 Å². The van der Waals surface area contributed by atoms with E-state index in [1.54, 1.807) is 10.6 Å². The Balaban J connectivity index is 2.66. The number of benzene rings is 1. The molecule has 0 saturated carbocycles. The minimum Gasteiger partial charge on any atom is -0.383 e. The van der Waals surface area contributed by atoms with Gasteiger partial charge in [0.2, 0.25) is 0 Å². The van der Waals surface area contributed by atoms with E-state index in [0.717, 1.165) is 10.3 Å². The van der Waals surface area contributed by atoms with Crippen molar-refractivity contribution in [3.63, 3.8) is 0 Å². The Kier molecular flexibility index (Phi) is 4.15. The summed E-state index contributed by atoms with van der Waals surface area (Å²) in [7, 11) is 0. The van der Waals surface area contributed by atoms with E-state index in [9.17, 15) is 4.39 Å². The third-order valence-electron chi connectivity index (χ3n) is 2.99. The maximum Gasteiger partial charge on any atom is 0.132 e. The highest BCUT2D eigenvalue weighted by Crippen LogP contribution is 2.34. The fraction of sp³-hybridized carbons (Fsp3) is 0.267. The molecule has 1 aromatic heterocycles. The second-order valence-corrected chi connectivity index (χ2v) is 5.63. The normalized spacial score (nSPS) is 10.8. The summed E-state index contributed by atoms with van der Waals surface area (Å²) in [6.45, 7) is 4.37. The van der Waals surface area contributed by atoms with Gasteiger partial charge in [-0.2, -0.15) is 0 Å². The third-order valence-corrected chi connectivity index (χ3v) is 3.68. The van der Waals surface area contributed by atoms with Gasteiger partial charge < -0.3 is 10.3 Å². The van der Waals surface area contributed by atoms with Crippen LogP contribution in [0.15, 0.2) is 22.7 Å². The Morgan fingerprint density at radius 1 is 1.50 bits per heavy atom. The predicted octanol–water partition coefficient (Wildman–Crippen LogP) is 3.79. The number of nitrogens with two attached hydrogens (primary N) is 1. The largest absolute Gasteiger partial charge is 0.383 e. The quantitative estimate of drug-likeness (QED) is 0.867. The van der Waals surface area contributed by atoms with Crippen molar-refractivity contribution in [2.45, 2.75) is 26.3 Å². The molecule has 1 heterocycles. The lowest BCUT2D eigenvalue weighted by molar-refractivity contribution is 0.628. The Bertz CT molecular complexity index is 683. The zero-order valence-corrected chi connectivity index (χ0v) is 12.9. The molecule has 20 heavy (non-hydrogen) atoms. The Morgan fingerprint density at radius 3 is 2.80 bits per heavy atom. The molecule has 0 aliphatic heterocycles. The van der Waals surface area contributed by atoms with Crippen LogP contribution in [-0.2, 0) is 6.54 Å². The van der Waals surface area contributed by atoms with E-state index in [2.05, 4.69) is 26.8 Å². The van der Waals surface area contributed by atoms with Gasteiger partial charge in [-0.05, 0) is 18.2 Å². The summed E-state index contributed by atoms with van der Waals surface area (Å²) in [6, 6.07) is 4.43. The van der Waals surface area contributed by atoms with Gasteiger partial charge in [-0.25, -0.2) is 9.37 Å². The van der Waals surface area contributed by atoms with Crippen LogP contribution >= 0.6 is 15.9 Å². The predicted molar refractivity (Wildman–Crippen MR) is 82.7 cm³/mol. The minimum absolute atomic E-state index is 0.173. The Hall–Kier alpha value is -1.80. The lowest BCUT2D eigenvalue weighted by atomic mass is 10.1. The van der Waals surface area contributed by atoms with E-state index in [1.807, 2.05) is 13.8 Å². The lowest BCUT2D eigenvalue weighted by Gasteiger charge is -2.08. The van der Waals surface area contributed by atoms with Crippen LogP contribution in [0, 0.1) is 18.2 Å². The third kappa shape index (κ3) is 2.56. The molecule has 2 aromatic rings. The highest BCUT2D eigenvalue weighted by molar-refractivity contribution is 9.10. The minimum atomic E-state index is -0.333. The summed E-state index contributed by atoms with van der Waals surface area (Å²) in [5, 5.41) is 0. The summed E-state index contributed by atoms with van der Waals surface area (Å²) in [6.07, 6.45) is 5.38. The summed E-state index contributed by atoms with van der Waals surface area (Å²) in [5.41, 5.74) is 7.32. The maximum absolute atomic E-state index is 13.4. The van der Waals surface area contributed by atoms with E-state index in [0.29, 0.717) is 23.6 Å². The first-order valence-corrected chi connectivity index (χ1v) is 6.99. The van der Waals surface area contributed by atoms with Gasteiger partial charge in [0, 0.05) is 16.0 Å². The highest BCUT2D eigenvalue weighted by Gasteiger charge is 2.19. The Labute approximate surface area is 126 Å². The SMILES string of the molecule is C#CCn1c(C(C)C)nc(-c2cc(F)ccc2Br)c1N. The molecule has 2 rings (SSSR count). The molecule has 0 spiro atoms. The summed E-state index contributed by atoms with van der Waals surface area (Å²) in [5.74, 6) is 3.66. The first-order valence-electron chi connectivity index (χ1n) is 6.20. The number of hydrogen-bond donors (Lipinski definition) is 1. The van der Waals surface area contributed by atoms with E-state index in [1.165, 1.54) is 12.1 Å². The first-order chi connectivity index (χ1) is 9.45. The molecule has 0 fully saturated rings. The van der Waals surface area contributed by atoms with Gasteiger partial charge in [-0.15, -0.1) is 6.42 Å². The summed E-state index contributed by atoms with van der Waals surface area (Å²) >= 11 is 3.40. The van der Waals surface area contributed by atoms with Crippen molar-refractivity contribution in [3.8, 4) is 23.6 Å². The molecule has 5 heteroatoms. The number of halogens is 2. The zero-order chi connectivity index (χ0) is 14.9. The number of nitrogen functional groups attached to an aromatic ring is 1. The maximum atomic E-state index is 13.4. The van der Waals surface area contributed by atoms with Crippen LogP contribution in [-0.4, -0.2) is 9.55 Å². The van der Waals surface area contributed by atoms with Crippen LogP contribution in [0.4, 0.5) is 10.2 Å². The fourth-order valence-corrected chi connectivity index (χ4v) is 2.49. The van der Waals surface area contributed by atoms with Crippen molar-refractivity contribution in [3.05, 3.63) is 34.3 Å².